The minimum absolute atomic E-state index is 0.0725. The van der Waals surface area contributed by atoms with Gasteiger partial charge in [0.1, 0.15) is 0 Å². The zero-order valence-corrected chi connectivity index (χ0v) is 17.6. The van der Waals surface area contributed by atoms with E-state index in [-0.39, 0.29) is 16.0 Å². The van der Waals surface area contributed by atoms with Crippen LogP contribution in [0.2, 0.25) is 10.0 Å². The van der Waals surface area contributed by atoms with Gasteiger partial charge in [0.2, 0.25) is 5.88 Å². The Morgan fingerprint density at radius 3 is 2.25 bits per heavy atom. The first-order chi connectivity index (χ1) is 15.2. The molecule has 0 saturated heterocycles. The molecule has 4 nitrogen and oxygen atoms in total. The minimum Gasteiger partial charge on any atom is -0.494 e. The Morgan fingerprint density at radius 1 is 0.906 bits per heavy atom. The van der Waals surface area contributed by atoms with Crippen LogP contribution in [-0.2, 0) is 6.18 Å². The highest BCUT2D eigenvalue weighted by molar-refractivity contribution is 6.42. The number of aliphatic imine (C=N–C) groups is 1. The van der Waals surface area contributed by atoms with Crippen LogP contribution in [0.5, 0.6) is 5.88 Å². The fourth-order valence-corrected chi connectivity index (χ4v) is 3.62. The number of hydrogen-bond acceptors (Lipinski definition) is 3. The fourth-order valence-electron chi connectivity index (χ4n) is 3.33. The smallest absolute Gasteiger partial charge is 0.418 e. The standard InChI is InChI=1S/C23H13Cl2F3N2O2/c24-18-10-9-13(11-19(18)25)29-12-16-14-5-1-2-6-15(14)21(31)30(22(16)32)20-8-4-3-7-17(20)23(26,27)28/h1-12,32H. The Balaban J connectivity index is 2.01. The van der Waals surface area contributed by atoms with E-state index >= 15 is 0 Å². The molecule has 0 saturated carbocycles. The third-order valence-electron chi connectivity index (χ3n) is 4.80. The number of rotatable bonds is 3. The lowest BCUT2D eigenvalue weighted by molar-refractivity contribution is -0.137. The molecule has 3 aromatic carbocycles. The highest BCUT2D eigenvalue weighted by Crippen LogP contribution is 2.36. The predicted octanol–water partition coefficient (Wildman–Crippen LogP) is 6.77. The molecule has 0 atom stereocenters. The molecular weight excluding hydrogens is 464 g/mol. The molecule has 1 aromatic heterocycles. The van der Waals surface area contributed by atoms with E-state index in [9.17, 15) is 23.1 Å². The first kappa shape index (κ1) is 21.9. The van der Waals surface area contributed by atoms with E-state index in [1.807, 2.05) is 0 Å². The second-order valence-corrected chi connectivity index (χ2v) is 7.61. The van der Waals surface area contributed by atoms with Gasteiger partial charge in [-0.1, -0.05) is 53.5 Å². The van der Waals surface area contributed by atoms with Crippen molar-refractivity contribution in [2.24, 2.45) is 4.99 Å². The summed E-state index contributed by atoms with van der Waals surface area (Å²) in [6.07, 6.45) is -3.47. The largest absolute Gasteiger partial charge is 0.494 e. The van der Waals surface area contributed by atoms with Gasteiger partial charge in [-0.25, -0.2) is 4.57 Å². The van der Waals surface area contributed by atoms with Gasteiger partial charge >= 0.3 is 6.18 Å². The minimum atomic E-state index is -4.73. The van der Waals surface area contributed by atoms with Crippen molar-refractivity contribution in [3.63, 3.8) is 0 Å². The molecule has 0 spiro atoms. The number of halogens is 5. The molecule has 4 rings (SSSR count). The number of aromatic nitrogens is 1. The number of para-hydroxylation sites is 1. The first-order valence-corrected chi connectivity index (χ1v) is 9.96. The quantitative estimate of drug-likeness (QED) is 0.331. The molecule has 0 fully saturated rings. The van der Waals surface area contributed by atoms with Crippen molar-refractivity contribution < 1.29 is 18.3 Å². The summed E-state index contributed by atoms with van der Waals surface area (Å²) in [5.74, 6) is -0.672. The van der Waals surface area contributed by atoms with Crippen LogP contribution in [0, 0.1) is 0 Å². The number of nitrogens with zero attached hydrogens (tertiary/aromatic N) is 2. The van der Waals surface area contributed by atoms with Crippen LogP contribution in [0.3, 0.4) is 0 Å². The third kappa shape index (κ3) is 3.97. The van der Waals surface area contributed by atoms with Crippen LogP contribution >= 0.6 is 23.2 Å². The monoisotopic (exact) mass is 476 g/mol. The van der Waals surface area contributed by atoms with Crippen molar-refractivity contribution in [1.82, 2.24) is 4.57 Å². The van der Waals surface area contributed by atoms with Gasteiger partial charge in [0.25, 0.3) is 5.56 Å². The molecule has 32 heavy (non-hydrogen) atoms. The van der Waals surface area contributed by atoms with Gasteiger partial charge in [0.05, 0.1) is 32.5 Å². The van der Waals surface area contributed by atoms with Gasteiger partial charge in [-0.05, 0) is 36.4 Å². The Bertz CT molecular complexity index is 1430. The number of aromatic hydroxyl groups is 1. The number of fused-ring (bicyclic) bond motifs is 1. The first-order valence-electron chi connectivity index (χ1n) is 9.21. The Hall–Kier alpha value is -3.29. The zero-order chi connectivity index (χ0) is 23.0. The summed E-state index contributed by atoms with van der Waals surface area (Å²) in [4.78, 5) is 17.4. The lowest BCUT2D eigenvalue weighted by Gasteiger charge is -2.18. The molecule has 1 N–H and O–H groups in total. The summed E-state index contributed by atoms with van der Waals surface area (Å²) in [5, 5.41) is 12.0. The van der Waals surface area contributed by atoms with E-state index in [0.717, 1.165) is 12.1 Å². The van der Waals surface area contributed by atoms with Crippen LogP contribution in [0.4, 0.5) is 18.9 Å². The SMILES string of the molecule is O=c1c2ccccc2c(C=Nc2ccc(Cl)c(Cl)c2)c(O)n1-c1ccccc1C(F)(F)F. The third-order valence-corrected chi connectivity index (χ3v) is 5.54. The summed E-state index contributed by atoms with van der Waals surface area (Å²) in [5.41, 5.74) is -1.86. The fraction of sp³-hybridized carbons (Fsp3) is 0.0435. The second kappa shape index (κ2) is 8.33. The number of hydrogen-bond donors (Lipinski definition) is 1. The number of pyridine rings is 1. The molecule has 0 radical (unpaired) electrons. The maximum Gasteiger partial charge on any atom is 0.418 e. The molecule has 162 valence electrons. The average Bonchev–Trinajstić information content (AvgIpc) is 2.76. The highest BCUT2D eigenvalue weighted by atomic mass is 35.5. The van der Waals surface area contributed by atoms with Gasteiger partial charge in [-0.2, -0.15) is 13.2 Å². The molecule has 0 aliphatic rings. The van der Waals surface area contributed by atoms with Gasteiger partial charge in [0.15, 0.2) is 0 Å². The Labute approximate surface area is 189 Å². The van der Waals surface area contributed by atoms with Crippen molar-refractivity contribution in [1.29, 1.82) is 0 Å². The highest BCUT2D eigenvalue weighted by Gasteiger charge is 2.34. The van der Waals surface area contributed by atoms with Crippen LogP contribution < -0.4 is 5.56 Å². The molecule has 4 aromatic rings. The maximum atomic E-state index is 13.6. The van der Waals surface area contributed by atoms with E-state index in [1.54, 1.807) is 24.3 Å². The predicted molar refractivity (Wildman–Crippen MR) is 120 cm³/mol. The summed E-state index contributed by atoms with van der Waals surface area (Å²) >= 11 is 11.9. The number of benzene rings is 3. The van der Waals surface area contributed by atoms with E-state index in [4.69, 9.17) is 23.2 Å². The van der Waals surface area contributed by atoms with Crippen LogP contribution in [-0.4, -0.2) is 15.9 Å². The Kier molecular flexibility index (Phi) is 5.71. The van der Waals surface area contributed by atoms with Gasteiger partial charge in [-0.3, -0.25) is 9.79 Å². The van der Waals surface area contributed by atoms with E-state index < -0.39 is 28.9 Å². The van der Waals surface area contributed by atoms with Crippen molar-refractivity contribution in [2.45, 2.75) is 6.18 Å². The average molecular weight is 477 g/mol. The molecule has 0 bridgehead atoms. The normalized spacial score (nSPS) is 12.0. The van der Waals surface area contributed by atoms with Gasteiger partial charge in [0, 0.05) is 17.0 Å². The van der Waals surface area contributed by atoms with Gasteiger partial charge < -0.3 is 5.11 Å². The van der Waals surface area contributed by atoms with Crippen LogP contribution in [0.1, 0.15) is 11.1 Å². The topological polar surface area (TPSA) is 54.6 Å². The van der Waals surface area contributed by atoms with Crippen molar-refractivity contribution in [2.75, 3.05) is 0 Å². The van der Waals surface area contributed by atoms with Crippen molar-refractivity contribution >= 4 is 45.9 Å². The van der Waals surface area contributed by atoms with Crippen molar-refractivity contribution in [3.05, 3.63) is 98.3 Å². The molecule has 0 aliphatic carbocycles. The van der Waals surface area contributed by atoms with Crippen LogP contribution in [0.25, 0.3) is 16.5 Å². The molecule has 1 heterocycles. The summed E-state index contributed by atoms with van der Waals surface area (Å²) < 4.78 is 41.5. The van der Waals surface area contributed by atoms with E-state index in [2.05, 4.69) is 4.99 Å². The van der Waals surface area contributed by atoms with Crippen molar-refractivity contribution in [3.8, 4) is 11.6 Å². The van der Waals surface area contributed by atoms with Crippen LogP contribution in [0.15, 0.2) is 76.5 Å². The summed E-state index contributed by atoms with van der Waals surface area (Å²) in [6, 6.07) is 15.4. The molecule has 0 amide bonds. The van der Waals surface area contributed by atoms with E-state index in [1.165, 1.54) is 36.5 Å². The summed E-state index contributed by atoms with van der Waals surface area (Å²) in [7, 11) is 0. The molecule has 9 heteroatoms. The number of alkyl halides is 3. The lowest BCUT2D eigenvalue weighted by atomic mass is 10.1. The molecular formula is C23H13Cl2F3N2O2. The Morgan fingerprint density at radius 2 is 1.56 bits per heavy atom. The maximum absolute atomic E-state index is 13.6. The second-order valence-electron chi connectivity index (χ2n) is 6.79. The zero-order valence-electron chi connectivity index (χ0n) is 16.1. The molecule has 0 aliphatic heterocycles. The van der Waals surface area contributed by atoms with Gasteiger partial charge in [-0.15, -0.1) is 0 Å². The summed E-state index contributed by atoms with van der Waals surface area (Å²) in [6.45, 7) is 0. The van der Waals surface area contributed by atoms with E-state index in [0.29, 0.717) is 20.7 Å². The molecule has 0 unspecified atom stereocenters. The lowest BCUT2D eigenvalue weighted by Crippen LogP contribution is -2.23.